The molecule has 40 heavy (non-hydrogen) atoms. The summed E-state index contributed by atoms with van der Waals surface area (Å²) in [6, 6.07) is 19.5. The average molecular weight is 597 g/mol. The van der Waals surface area contributed by atoms with Crippen LogP contribution in [0.4, 0.5) is 5.69 Å². The highest BCUT2D eigenvalue weighted by molar-refractivity contribution is 9.10. The van der Waals surface area contributed by atoms with Gasteiger partial charge in [-0.2, -0.15) is 0 Å². The Balaban J connectivity index is 1.43. The first-order valence-corrected chi connectivity index (χ1v) is 13.7. The number of ether oxygens (including phenoxy) is 1. The molecule has 8 heteroatoms. The number of aryl methyl sites for hydroxylation is 1. The zero-order valence-corrected chi connectivity index (χ0v) is 23.4. The molecule has 4 atom stereocenters. The van der Waals surface area contributed by atoms with Gasteiger partial charge in [-0.05, 0) is 59.3 Å². The maximum atomic E-state index is 14.1. The van der Waals surface area contributed by atoms with Crippen LogP contribution in [-0.4, -0.2) is 47.5 Å². The largest absolute Gasteiger partial charge is 0.496 e. The number of nitrogens with zero attached hydrogens (tertiary/aromatic N) is 2. The second kappa shape index (κ2) is 10.0. The van der Waals surface area contributed by atoms with Gasteiger partial charge in [-0.1, -0.05) is 54.1 Å². The van der Waals surface area contributed by atoms with Crippen LogP contribution in [0.2, 0.25) is 0 Å². The quantitative estimate of drug-likeness (QED) is 0.289. The molecule has 2 saturated heterocycles. The van der Waals surface area contributed by atoms with Crippen molar-refractivity contribution in [3.05, 3.63) is 118 Å². The van der Waals surface area contributed by atoms with Gasteiger partial charge in [-0.15, -0.1) is 0 Å². The predicted molar refractivity (Wildman–Crippen MR) is 153 cm³/mol. The molecule has 0 aliphatic carbocycles. The SMILES string of the molecule is COc1ccc(C(=O)[C@@H]2[C@@H]3C(=O)N(c4ccc(C)cc4)C(=O)[C@H]3[C@H]3C=C(C(=O)c4ccccc4)C=CN32)cc1Br. The summed E-state index contributed by atoms with van der Waals surface area (Å²) in [5.41, 5.74) is 2.79. The van der Waals surface area contributed by atoms with E-state index < -0.39 is 29.8 Å². The number of halogens is 1. The third kappa shape index (κ3) is 4.10. The number of hydrogen-bond donors (Lipinski definition) is 0. The van der Waals surface area contributed by atoms with Gasteiger partial charge < -0.3 is 9.64 Å². The van der Waals surface area contributed by atoms with Crippen molar-refractivity contribution in [3.8, 4) is 5.75 Å². The van der Waals surface area contributed by atoms with Gasteiger partial charge in [0.25, 0.3) is 0 Å². The predicted octanol–water partition coefficient (Wildman–Crippen LogP) is 5.14. The van der Waals surface area contributed by atoms with Crippen molar-refractivity contribution < 1.29 is 23.9 Å². The zero-order valence-electron chi connectivity index (χ0n) is 21.8. The molecular formula is C32H25BrN2O5. The van der Waals surface area contributed by atoms with E-state index in [1.807, 2.05) is 25.1 Å². The number of imide groups is 1. The van der Waals surface area contributed by atoms with Crippen molar-refractivity contribution in [1.29, 1.82) is 0 Å². The number of carbonyl (C=O) groups is 4. The molecule has 0 spiro atoms. The fourth-order valence-corrected chi connectivity index (χ4v) is 6.43. The molecule has 7 nitrogen and oxygen atoms in total. The molecule has 0 N–H and O–H groups in total. The lowest BCUT2D eigenvalue weighted by Crippen LogP contribution is -2.46. The van der Waals surface area contributed by atoms with Crippen LogP contribution < -0.4 is 9.64 Å². The second-order valence-corrected chi connectivity index (χ2v) is 11.0. The number of anilines is 1. The van der Waals surface area contributed by atoms with E-state index in [0.29, 0.717) is 32.6 Å². The van der Waals surface area contributed by atoms with Gasteiger partial charge in [0.2, 0.25) is 11.8 Å². The Morgan fingerprint density at radius 2 is 1.57 bits per heavy atom. The highest BCUT2D eigenvalue weighted by Crippen LogP contribution is 2.47. The van der Waals surface area contributed by atoms with Crippen molar-refractivity contribution in [2.24, 2.45) is 11.8 Å². The van der Waals surface area contributed by atoms with E-state index in [1.165, 1.54) is 12.0 Å². The molecular weight excluding hydrogens is 572 g/mol. The second-order valence-electron chi connectivity index (χ2n) is 10.1. The minimum atomic E-state index is -0.928. The standard InChI is InChI=1S/C32H25BrN2O5/c1-18-8-11-22(12-9-18)35-31(38)26-24-17-21(29(36)19-6-4-3-5-7-19)14-15-34(24)28(27(26)32(35)39)30(37)20-10-13-25(40-2)23(33)16-20/h3-17,24,26-28H,1-2H3/t24-,26+,27-,28+/m1/s1. The van der Waals surface area contributed by atoms with Crippen molar-refractivity contribution in [1.82, 2.24) is 4.90 Å². The van der Waals surface area contributed by atoms with Crippen LogP contribution in [0.25, 0.3) is 0 Å². The molecule has 3 aliphatic rings. The summed E-state index contributed by atoms with van der Waals surface area (Å²) < 4.78 is 5.91. The van der Waals surface area contributed by atoms with Crippen LogP contribution in [-0.2, 0) is 9.59 Å². The summed E-state index contributed by atoms with van der Waals surface area (Å²) >= 11 is 3.44. The molecule has 2 fully saturated rings. The summed E-state index contributed by atoms with van der Waals surface area (Å²) in [4.78, 5) is 58.2. The number of benzene rings is 3. The van der Waals surface area contributed by atoms with Gasteiger partial charge >= 0.3 is 0 Å². The Morgan fingerprint density at radius 1 is 0.875 bits per heavy atom. The minimum absolute atomic E-state index is 0.186. The summed E-state index contributed by atoms with van der Waals surface area (Å²) in [6.07, 6.45) is 5.06. The lowest BCUT2D eigenvalue weighted by molar-refractivity contribution is -0.123. The number of hydrogen-bond acceptors (Lipinski definition) is 6. The molecule has 0 radical (unpaired) electrons. The van der Waals surface area contributed by atoms with Crippen molar-refractivity contribution in [3.63, 3.8) is 0 Å². The van der Waals surface area contributed by atoms with Crippen molar-refractivity contribution in [2.45, 2.75) is 19.0 Å². The van der Waals surface area contributed by atoms with E-state index >= 15 is 0 Å². The number of fused-ring (bicyclic) bond motifs is 3. The van der Waals surface area contributed by atoms with E-state index in [4.69, 9.17) is 4.74 Å². The Hall–Kier alpha value is -4.30. The molecule has 3 aliphatic heterocycles. The number of carbonyl (C=O) groups excluding carboxylic acids is 4. The van der Waals surface area contributed by atoms with Crippen LogP contribution in [0.3, 0.4) is 0 Å². The van der Waals surface area contributed by atoms with Gasteiger partial charge in [0.1, 0.15) is 11.8 Å². The first-order valence-electron chi connectivity index (χ1n) is 12.9. The molecule has 2 amide bonds. The van der Waals surface area contributed by atoms with E-state index in [0.717, 1.165) is 5.56 Å². The first-order chi connectivity index (χ1) is 19.3. The number of ketones is 2. The lowest BCUT2D eigenvalue weighted by Gasteiger charge is -2.33. The Morgan fingerprint density at radius 3 is 2.25 bits per heavy atom. The van der Waals surface area contributed by atoms with Crippen LogP contribution in [0.15, 0.2) is 101 Å². The smallest absolute Gasteiger partial charge is 0.240 e. The van der Waals surface area contributed by atoms with Gasteiger partial charge in [0.15, 0.2) is 11.6 Å². The summed E-state index contributed by atoms with van der Waals surface area (Å²) in [5.74, 6) is -2.44. The number of allylic oxidation sites excluding steroid dienone is 2. The molecule has 0 unspecified atom stereocenters. The molecule has 3 heterocycles. The van der Waals surface area contributed by atoms with Gasteiger partial charge in [-0.3, -0.25) is 19.2 Å². The van der Waals surface area contributed by atoms with Gasteiger partial charge in [-0.25, -0.2) is 4.90 Å². The molecule has 6 rings (SSSR count). The fourth-order valence-electron chi connectivity index (χ4n) is 5.89. The van der Waals surface area contributed by atoms with Gasteiger partial charge in [0, 0.05) is 22.9 Å². The third-order valence-corrected chi connectivity index (χ3v) is 8.46. The molecule has 0 saturated carbocycles. The number of methoxy groups -OCH3 is 1. The van der Waals surface area contributed by atoms with Crippen LogP contribution >= 0.6 is 15.9 Å². The lowest BCUT2D eigenvalue weighted by atomic mass is 9.85. The Bertz CT molecular complexity index is 1610. The van der Waals surface area contributed by atoms with Gasteiger partial charge in [0.05, 0.1) is 35.1 Å². The van der Waals surface area contributed by atoms with Crippen LogP contribution in [0.5, 0.6) is 5.75 Å². The van der Waals surface area contributed by atoms with Crippen LogP contribution in [0.1, 0.15) is 26.3 Å². The topological polar surface area (TPSA) is 84.0 Å². The normalized spacial score (nSPS) is 23.1. The number of amides is 2. The first kappa shape index (κ1) is 26.0. The minimum Gasteiger partial charge on any atom is -0.496 e. The third-order valence-electron chi connectivity index (χ3n) is 7.84. The molecule has 0 aromatic heterocycles. The highest BCUT2D eigenvalue weighted by Gasteiger charge is 2.63. The average Bonchev–Trinajstić information content (AvgIpc) is 3.44. The zero-order chi connectivity index (χ0) is 28.1. The maximum Gasteiger partial charge on any atom is 0.240 e. The molecule has 200 valence electrons. The van der Waals surface area contributed by atoms with E-state index in [1.54, 1.807) is 77.8 Å². The van der Waals surface area contributed by atoms with Crippen LogP contribution in [0, 0.1) is 18.8 Å². The monoisotopic (exact) mass is 596 g/mol. The van der Waals surface area contributed by atoms with E-state index in [-0.39, 0.29) is 17.5 Å². The number of rotatable bonds is 6. The van der Waals surface area contributed by atoms with E-state index in [2.05, 4.69) is 15.9 Å². The van der Waals surface area contributed by atoms with E-state index in [9.17, 15) is 19.2 Å². The van der Waals surface area contributed by atoms with Crippen molar-refractivity contribution >= 4 is 45.0 Å². The fraction of sp³-hybridized carbons (Fsp3) is 0.188. The Kier molecular flexibility index (Phi) is 6.50. The van der Waals surface area contributed by atoms with Crippen molar-refractivity contribution in [2.75, 3.05) is 12.0 Å². The molecule has 3 aromatic carbocycles. The summed E-state index contributed by atoms with van der Waals surface area (Å²) in [7, 11) is 1.54. The summed E-state index contributed by atoms with van der Waals surface area (Å²) in [6.45, 7) is 1.93. The maximum absolute atomic E-state index is 14.1. The molecule has 0 bridgehead atoms. The highest BCUT2D eigenvalue weighted by atomic mass is 79.9. The molecule has 3 aromatic rings. The number of Topliss-reactive ketones (excluding diaryl/α,β-unsaturated/α-hetero) is 2. The summed E-state index contributed by atoms with van der Waals surface area (Å²) in [5, 5.41) is 0. The Labute approximate surface area is 239 Å².